The first-order valence-corrected chi connectivity index (χ1v) is 11.0. The van der Waals surface area contributed by atoms with Crippen molar-refractivity contribution in [2.45, 2.75) is 32.4 Å². The maximum atomic E-state index is 13.2. The van der Waals surface area contributed by atoms with Crippen molar-refractivity contribution in [1.82, 2.24) is 9.80 Å². The normalized spacial score (nSPS) is 18.5. The van der Waals surface area contributed by atoms with Gasteiger partial charge in [0.15, 0.2) is 0 Å². The lowest BCUT2D eigenvalue weighted by molar-refractivity contribution is -0.136. The summed E-state index contributed by atoms with van der Waals surface area (Å²) in [6.07, 6.45) is 1.13. The van der Waals surface area contributed by atoms with Crippen LogP contribution in [0.4, 0.5) is 5.69 Å². The van der Waals surface area contributed by atoms with Gasteiger partial charge in [-0.1, -0.05) is 42.5 Å². The number of carbonyl (C=O) groups is 2. The molecule has 0 saturated carbocycles. The summed E-state index contributed by atoms with van der Waals surface area (Å²) >= 11 is 0. The Hall–Kier alpha value is -2.86. The molecule has 2 amide bonds. The maximum Gasteiger partial charge on any atom is 0.225 e. The van der Waals surface area contributed by atoms with Crippen LogP contribution >= 0.6 is 0 Å². The molecule has 6 heteroatoms. The van der Waals surface area contributed by atoms with E-state index in [1.54, 1.807) is 11.8 Å². The average Bonchev–Trinajstić information content (AvgIpc) is 2.80. The predicted molar refractivity (Wildman–Crippen MR) is 121 cm³/mol. The molecule has 0 aromatic heterocycles. The van der Waals surface area contributed by atoms with E-state index in [9.17, 15) is 9.59 Å². The van der Waals surface area contributed by atoms with Crippen LogP contribution in [0.15, 0.2) is 48.5 Å². The molecule has 0 aliphatic carbocycles. The lowest BCUT2D eigenvalue weighted by Gasteiger charge is -2.37. The van der Waals surface area contributed by atoms with Crippen molar-refractivity contribution < 1.29 is 14.3 Å². The number of anilines is 1. The summed E-state index contributed by atoms with van der Waals surface area (Å²) < 4.78 is 5.48. The van der Waals surface area contributed by atoms with E-state index in [0.717, 1.165) is 43.9 Å². The van der Waals surface area contributed by atoms with E-state index in [1.807, 2.05) is 36.2 Å². The number of hydrogen-bond donors (Lipinski definition) is 0. The van der Waals surface area contributed by atoms with Crippen LogP contribution in [0.1, 0.15) is 36.1 Å². The molecule has 1 unspecified atom stereocenters. The van der Waals surface area contributed by atoms with Crippen molar-refractivity contribution in [3.63, 3.8) is 0 Å². The van der Waals surface area contributed by atoms with Crippen LogP contribution in [-0.4, -0.2) is 61.5 Å². The minimum absolute atomic E-state index is 0.0209. The molecule has 2 heterocycles. The van der Waals surface area contributed by atoms with E-state index in [0.29, 0.717) is 19.5 Å². The van der Waals surface area contributed by atoms with E-state index >= 15 is 0 Å². The summed E-state index contributed by atoms with van der Waals surface area (Å²) in [4.78, 5) is 31.5. The van der Waals surface area contributed by atoms with Crippen molar-refractivity contribution in [2.24, 2.45) is 0 Å². The molecule has 2 aromatic rings. The minimum atomic E-state index is -0.202. The zero-order valence-electron chi connectivity index (χ0n) is 18.4. The minimum Gasteiger partial charge on any atom is -0.378 e. The number of rotatable bonds is 5. The van der Waals surface area contributed by atoms with Gasteiger partial charge in [-0.3, -0.25) is 9.59 Å². The zero-order chi connectivity index (χ0) is 21.8. The molecule has 2 aliphatic heterocycles. The van der Waals surface area contributed by atoms with Gasteiger partial charge < -0.3 is 19.4 Å². The van der Waals surface area contributed by atoms with Gasteiger partial charge in [0, 0.05) is 45.8 Å². The second-order valence-corrected chi connectivity index (χ2v) is 8.36. The van der Waals surface area contributed by atoms with Crippen molar-refractivity contribution in [3.8, 4) is 0 Å². The summed E-state index contributed by atoms with van der Waals surface area (Å²) in [6.45, 7) is 5.97. The Morgan fingerprint density at radius 1 is 1.03 bits per heavy atom. The molecular weight excluding hydrogens is 390 g/mol. The highest BCUT2D eigenvalue weighted by molar-refractivity contribution is 5.80. The van der Waals surface area contributed by atoms with Gasteiger partial charge in [0.1, 0.15) is 0 Å². The Labute approximate surface area is 184 Å². The van der Waals surface area contributed by atoms with E-state index in [2.05, 4.69) is 29.2 Å². The largest absolute Gasteiger partial charge is 0.378 e. The number of benzene rings is 2. The summed E-state index contributed by atoms with van der Waals surface area (Å²) in [6, 6.07) is 16.2. The maximum absolute atomic E-state index is 13.2. The first-order valence-electron chi connectivity index (χ1n) is 11.0. The van der Waals surface area contributed by atoms with Crippen molar-refractivity contribution in [1.29, 1.82) is 0 Å². The Kier molecular flexibility index (Phi) is 6.56. The number of hydrogen-bond acceptors (Lipinski definition) is 4. The van der Waals surface area contributed by atoms with Gasteiger partial charge >= 0.3 is 0 Å². The van der Waals surface area contributed by atoms with Gasteiger partial charge in [-0.2, -0.15) is 0 Å². The number of carbonyl (C=O) groups excluding carboxylic acids is 2. The Morgan fingerprint density at radius 2 is 1.74 bits per heavy atom. The average molecular weight is 422 g/mol. The third kappa shape index (κ3) is 4.74. The Bertz CT molecular complexity index is 939. The summed E-state index contributed by atoms with van der Waals surface area (Å²) in [5.41, 5.74) is 4.63. The van der Waals surface area contributed by atoms with Gasteiger partial charge in [-0.05, 0) is 29.2 Å². The van der Waals surface area contributed by atoms with Crippen molar-refractivity contribution in [2.75, 3.05) is 44.8 Å². The molecule has 0 radical (unpaired) electrons. The van der Waals surface area contributed by atoms with Crippen LogP contribution in [0.5, 0.6) is 0 Å². The van der Waals surface area contributed by atoms with Crippen molar-refractivity contribution in [3.05, 3.63) is 65.2 Å². The summed E-state index contributed by atoms with van der Waals surface area (Å²) in [5.74, 6) is 0.0670. The van der Waals surface area contributed by atoms with E-state index < -0.39 is 0 Å². The van der Waals surface area contributed by atoms with Crippen LogP contribution in [0.3, 0.4) is 0 Å². The van der Waals surface area contributed by atoms with Crippen molar-refractivity contribution >= 4 is 17.5 Å². The molecule has 1 fully saturated rings. The predicted octanol–water partition coefficient (Wildman–Crippen LogP) is 3.02. The molecule has 0 spiro atoms. The molecule has 1 saturated heterocycles. The fourth-order valence-electron chi connectivity index (χ4n) is 4.67. The van der Waals surface area contributed by atoms with Gasteiger partial charge in [-0.25, -0.2) is 0 Å². The van der Waals surface area contributed by atoms with E-state index in [4.69, 9.17) is 4.74 Å². The molecule has 2 aliphatic rings. The second-order valence-electron chi connectivity index (χ2n) is 8.36. The zero-order valence-corrected chi connectivity index (χ0v) is 18.4. The number of fused-ring (bicyclic) bond motifs is 1. The van der Waals surface area contributed by atoms with Crippen LogP contribution in [0, 0.1) is 0 Å². The smallest absolute Gasteiger partial charge is 0.225 e. The van der Waals surface area contributed by atoms with Crippen LogP contribution in [0.25, 0.3) is 0 Å². The van der Waals surface area contributed by atoms with Gasteiger partial charge in [0.2, 0.25) is 11.8 Å². The SMILES string of the molecule is CC(=O)N1CCc2ccccc2C1CC(=O)N(C)Cc1ccccc1N1CCOCC1. The molecule has 0 N–H and O–H groups in total. The highest BCUT2D eigenvalue weighted by Crippen LogP contribution is 2.33. The number of morpholine rings is 1. The quantitative estimate of drug-likeness (QED) is 0.745. The molecule has 164 valence electrons. The highest BCUT2D eigenvalue weighted by Gasteiger charge is 2.31. The third-order valence-corrected chi connectivity index (χ3v) is 6.36. The second kappa shape index (κ2) is 9.52. The van der Waals surface area contributed by atoms with Crippen LogP contribution < -0.4 is 4.90 Å². The first-order chi connectivity index (χ1) is 15.0. The Morgan fingerprint density at radius 3 is 2.52 bits per heavy atom. The first kappa shape index (κ1) is 21.4. The standard InChI is InChI=1S/C25H31N3O3/c1-19(29)28-12-11-20-7-3-5-9-22(20)24(28)17-25(30)26(2)18-21-8-4-6-10-23(21)27-13-15-31-16-14-27/h3-10,24H,11-18H2,1-2H3. The summed E-state index contributed by atoms with van der Waals surface area (Å²) in [7, 11) is 1.85. The van der Waals surface area contributed by atoms with Gasteiger partial charge in [0.05, 0.1) is 25.7 Å². The Balaban J connectivity index is 1.50. The number of ether oxygens (including phenoxy) is 1. The summed E-state index contributed by atoms with van der Waals surface area (Å²) in [5, 5.41) is 0. The lowest BCUT2D eigenvalue weighted by atomic mass is 9.90. The fraction of sp³-hybridized carbons (Fsp3) is 0.440. The molecule has 31 heavy (non-hydrogen) atoms. The van der Waals surface area contributed by atoms with Crippen LogP contribution in [0.2, 0.25) is 0 Å². The van der Waals surface area contributed by atoms with Gasteiger partial charge in [-0.15, -0.1) is 0 Å². The van der Waals surface area contributed by atoms with Crippen LogP contribution in [-0.2, 0) is 27.3 Å². The third-order valence-electron chi connectivity index (χ3n) is 6.36. The molecule has 2 aromatic carbocycles. The molecular formula is C25H31N3O3. The topological polar surface area (TPSA) is 53.1 Å². The number of nitrogens with zero attached hydrogens (tertiary/aromatic N) is 3. The number of amides is 2. The van der Waals surface area contributed by atoms with Gasteiger partial charge in [0.25, 0.3) is 0 Å². The molecule has 4 rings (SSSR count). The molecule has 0 bridgehead atoms. The number of para-hydroxylation sites is 1. The van der Waals surface area contributed by atoms with E-state index in [1.165, 1.54) is 11.3 Å². The molecule has 1 atom stereocenters. The monoisotopic (exact) mass is 421 g/mol. The molecule has 6 nitrogen and oxygen atoms in total. The lowest BCUT2D eigenvalue weighted by Crippen LogP contribution is -2.41. The van der Waals surface area contributed by atoms with E-state index in [-0.39, 0.29) is 17.9 Å². The fourth-order valence-corrected chi connectivity index (χ4v) is 4.67. The highest BCUT2D eigenvalue weighted by atomic mass is 16.5.